The number of carbonyl (C=O) groups is 1. The molecule has 0 bridgehead atoms. The monoisotopic (exact) mass is 348 g/mol. The lowest BCUT2D eigenvalue weighted by atomic mass is 10.3. The lowest BCUT2D eigenvalue weighted by Crippen LogP contribution is -2.48. The number of hydrogen-bond acceptors (Lipinski definition) is 2. The third kappa shape index (κ3) is 4.90. The standard InChI is InChI=1S/C10H9Cl5N2O/c1-5(18)16-9(10(13,14)15)17-8-3-2-6(11)4-7(8)12/h2-4,9,17H,1H3,(H,16,18)/t9-/m1/s1. The summed E-state index contributed by atoms with van der Waals surface area (Å²) in [5.41, 5.74) is 0.492. The van der Waals surface area contributed by atoms with Crippen molar-refractivity contribution in [2.75, 3.05) is 5.32 Å². The molecule has 2 N–H and O–H groups in total. The van der Waals surface area contributed by atoms with Gasteiger partial charge in [-0.05, 0) is 18.2 Å². The molecule has 0 fully saturated rings. The summed E-state index contributed by atoms with van der Waals surface area (Å²) < 4.78 is -1.73. The van der Waals surface area contributed by atoms with Crippen molar-refractivity contribution in [3.05, 3.63) is 28.2 Å². The second-order valence-corrected chi connectivity index (χ2v) is 6.66. The zero-order valence-corrected chi connectivity index (χ0v) is 12.9. The molecule has 0 aliphatic heterocycles. The fraction of sp³-hybridized carbons (Fsp3) is 0.300. The molecule has 1 atom stereocenters. The molecule has 1 aromatic carbocycles. The van der Waals surface area contributed by atoms with Gasteiger partial charge < -0.3 is 10.6 Å². The predicted octanol–water partition coefficient (Wildman–Crippen LogP) is 4.24. The molecule has 1 amide bonds. The van der Waals surface area contributed by atoms with Gasteiger partial charge in [-0.15, -0.1) is 0 Å². The summed E-state index contributed by atoms with van der Waals surface area (Å²) in [5, 5.41) is 6.14. The van der Waals surface area contributed by atoms with Crippen LogP contribution in [0.1, 0.15) is 6.92 Å². The molecule has 18 heavy (non-hydrogen) atoms. The normalized spacial score (nSPS) is 13.0. The third-order valence-corrected chi connectivity index (χ3v) is 3.11. The van der Waals surface area contributed by atoms with E-state index in [0.717, 1.165) is 0 Å². The van der Waals surface area contributed by atoms with Crippen LogP contribution in [0.5, 0.6) is 0 Å². The van der Waals surface area contributed by atoms with E-state index in [1.807, 2.05) is 0 Å². The second kappa shape index (κ2) is 6.40. The van der Waals surface area contributed by atoms with Crippen LogP contribution < -0.4 is 10.6 Å². The van der Waals surface area contributed by atoms with Crippen molar-refractivity contribution in [3.8, 4) is 0 Å². The van der Waals surface area contributed by atoms with Crippen LogP contribution in [0.4, 0.5) is 5.69 Å². The van der Waals surface area contributed by atoms with E-state index in [-0.39, 0.29) is 5.91 Å². The molecular formula is C10H9Cl5N2O. The van der Waals surface area contributed by atoms with E-state index in [2.05, 4.69) is 10.6 Å². The van der Waals surface area contributed by atoms with E-state index in [4.69, 9.17) is 58.0 Å². The molecule has 1 rings (SSSR count). The molecule has 0 radical (unpaired) electrons. The van der Waals surface area contributed by atoms with Crippen LogP contribution in [-0.2, 0) is 4.79 Å². The first-order valence-corrected chi connectivity index (χ1v) is 6.64. The first-order valence-electron chi connectivity index (χ1n) is 4.75. The SMILES string of the molecule is CC(=O)N[C@H](Nc1ccc(Cl)cc1Cl)C(Cl)(Cl)Cl. The number of carbonyl (C=O) groups excluding carboxylic acids is 1. The number of halogens is 5. The zero-order chi connectivity index (χ0) is 13.9. The summed E-state index contributed by atoms with van der Waals surface area (Å²) >= 11 is 29.0. The van der Waals surface area contributed by atoms with Crippen LogP contribution in [0.15, 0.2) is 18.2 Å². The molecule has 0 spiro atoms. The van der Waals surface area contributed by atoms with Crippen LogP contribution in [0.2, 0.25) is 10.0 Å². The van der Waals surface area contributed by atoms with Gasteiger partial charge in [0.1, 0.15) is 6.17 Å². The lowest BCUT2D eigenvalue weighted by Gasteiger charge is -2.27. The highest BCUT2D eigenvalue weighted by atomic mass is 35.6. The highest BCUT2D eigenvalue weighted by molar-refractivity contribution is 6.68. The lowest BCUT2D eigenvalue weighted by molar-refractivity contribution is -0.119. The number of amides is 1. The molecule has 0 aliphatic carbocycles. The maximum Gasteiger partial charge on any atom is 0.228 e. The fourth-order valence-electron chi connectivity index (χ4n) is 1.17. The molecule has 0 saturated heterocycles. The highest BCUT2D eigenvalue weighted by Gasteiger charge is 2.33. The Hall–Kier alpha value is -0.0600. The Labute approximate surface area is 130 Å². The summed E-state index contributed by atoms with van der Waals surface area (Å²) in [6, 6.07) is 4.78. The molecule has 0 aromatic heterocycles. The summed E-state index contributed by atoms with van der Waals surface area (Å²) in [6.45, 7) is 1.31. The molecular weight excluding hydrogens is 341 g/mol. The van der Waals surface area contributed by atoms with E-state index in [9.17, 15) is 4.79 Å². The van der Waals surface area contributed by atoms with Crippen LogP contribution >= 0.6 is 58.0 Å². The largest absolute Gasteiger partial charge is 0.361 e. The smallest absolute Gasteiger partial charge is 0.228 e. The molecule has 3 nitrogen and oxygen atoms in total. The van der Waals surface area contributed by atoms with Crippen molar-refractivity contribution in [3.63, 3.8) is 0 Å². The maximum atomic E-state index is 11.0. The molecule has 8 heteroatoms. The molecule has 100 valence electrons. The minimum atomic E-state index is -1.73. The molecule has 0 heterocycles. The number of anilines is 1. The van der Waals surface area contributed by atoms with Crippen molar-refractivity contribution in [2.24, 2.45) is 0 Å². The fourth-order valence-corrected chi connectivity index (χ4v) is 1.96. The van der Waals surface area contributed by atoms with Crippen molar-refractivity contribution in [1.29, 1.82) is 0 Å². The van der Waals surface area contributed by atoms with Gasteiger partial charge in [-0.3, -0.25) is 4.79 Å². The van der Waals surface area contributed by atoms with Gasteiger partial charge in [-0.1, -0.05) is 58.0 Å². The van der Waals surface area contributed by atoms with Crippen molar-refractivity contribution >= 4 is 69.6 Å². The van der Waals surface area contributed by atoms with Crippen LogP contribution in [0.25, 0.3) is 0 Å². The quantitative estimate of drug-likeness (QED) is 0.632. The van der Waals surface area contributed by atoms with Gasteiger partial charge in [0.25, 0.3) is 0 Å². The minimum absolute atomic E-state index is 0.344. The first-order chi connectivity index (χ1) is 8.20. The van der Waals surface area contributed by atoms with Crippen molar-refractivity contribution in [2.45, 2.75) is 16.9 Å². The summed E-state index contributed by atoms with van der Waals surface area (Å²) in [7, 11) is 0. The summed E-state index contributed by atoms with van der Waals surface area (Å²) in [5.74, 6) is -0.344. The van der Waals surface area contributed by atoms with E-state index in [1.54, 1.807) is 12.1 Å². The second-order valence-electron chi connectivity index (χ2n) is 3.44. The van der Waals surface area contributed by atoms with Gasteiger partial charge >= 0.3 is 0 Å². The van der Waals surface area contributed by atoms with Gasteiger partial charge in [-0.2, -0.15) is 0 Å². The number of alkyl halides is 3. The zero-order valence-electron chi connectivity index (χ0n) is 9.11. The van der Waals surface area contributed by atoms with Gasteiger partial charge in [0.05, 0.1) is 10.7 Å². The summed E-state index contributed by atoms with van der Waals surface area (Å²) in [4.78, 5) is 11.0. The number of benzene rings is 1. The van der Waals surface area contributed by atoms with Crippen molar-refractivity contribution in [1.82, 2.24) is 5.32 Å². The third-order valence-electron chi connectivity index (χ3n) is 1.91. The van der Waals surface area contributed by atoms with Crippen LogP contribution in [0, 0.1) is 0 Å². The number of hydrogen-bond donors (Lipinski definition) is 2. The van der Waals surface area contributed by atoms with Crippen LogP contribution in [-0.4, -0.2) is 15.9 Å². The summed E-state index contributed by atoms with van der Waals surface area (Å²) in [6.07, 6.45) is -0.918. The number of rotatable bonds is 3. The van der Waals surface area contributed by atoms with E-state index in [1.165, 1.54) is 13.0 Å². The van der Waals surface area contributed by atoms with Gasteiger partial charge in [0.15, 0.2) is 0 Å². The molecule has 0 unspecified atom stereocenters. The average molecular weight is 350 g/mol. The number of nitrogens with one attached hydrogen (secondary N) is 2. The predicted molar refractivity (Wildman–Crippen MR) is 78.0 cm³/mol. The van der Waals surface area contributed by atoms with Gasteiger partial charge in [-0.25, -0.2) is 0 Å². The first kappa shape index (κ1) is 16.0. The Kier molecular flexibility index (Phi) is 5.68. The molecule has 1 aromatic rings. The Morgan fingerprint density at radius 3 is 2.33 bits per heavy atom. The Balaban J connectivity index is 2.92. The van der Waals surface area contributed by atoms with Crippen molar-refractivity contribution < 1.29 is 4.79 Å². The average Bonchev–Trinajstić information content (AvgIpc) is 2.18. The Morgan fingerprint density at radius 1 is 1.28 bits per heavy atom. The van der Waals surface area contributed by atoms with Gasteiger partial charge in [0, 0.05) is 11.9 Å². The van der Waals surface area contributed by atoms with Gasteiger partial charge in [0.2, 0.25) is 9.70 Å². The highest BCUT2D eigenvalue weighted by Crippen LogP contribution is 2.33. The van der Waals surface area contributed by atoms with E-state index >= 15 is 0 Å². The van der Waals surface area contributed by atoms with E-state index in [0.29, 0.717) is 15.7 Å². The maximum absolute atomic E-state index is 11.0. The topological polar surface area (TPSA) is 41.1 Å². The molecule has 0 aliphatic rings. The van der Waals surface area contributed by atoms with Crippen LogP contribution in [0.3, 0.4) is 0 Å². The Bertz CT molecular complexity index is 446. The Morgan fingerprint density at radius 2 is 1.89 bits per heavy atom. The van der Waals surface area contributed by atoms with E-state index < -0.39 is 9.96 Å². The molecule has 0 saturated carbocycles. The minimum Gasteiger partial charge on any atom is -0.361 e.